The van der Waals surface area contributed by atoms with Crippen LogP contribution in [0.15, 0.2) is 97.6 Å². The fraction of sp³-hybridized carbons (Fsp3) is 0.120. The molecular formula is C25H22. The summed E-state index contributed by atoms with van der Waals surface area (Å²) in [6.07, 6.45) is 2.12. The van der Waals surface area contributed by atoms with Crippen molar-refractivity contribution in [1.29, 1.82) is 0 Å². The minimum Gasteiger partial charge on any atom is -0.102 e. The molecule has 0 radical (unpaired) electrons. The van der Waals surface area contributed by atoms with E-state index in [0.717, 1.165) is 0 Å². The van der Waals surface area contributed by atoms with Crippen LogP contribution in [-0.4, -0.2) is 0 Å². The monoisotopic (exact) mass is 322 g/mol. The van der Waals surface area contributed by atoms with Gasteiger partial charge in [0.25, 0.3) is 0 Å². The summed E-state index contributed by atoms with van der Waals surface area (Å²) in [7, 11) is 0. The third-order valence-corrected chi connectivity index (χ3v) is 5.30. The van der Waals surface area contributed by atoms with Crippen LogP contribution < -0.4 is 0 Å². The Balaban J connectivity index is 2.03. The molecule has 4 rings (SSSR count). The quantitative estimate of drug-likeness (QED) is 0.471. The zero-order valence-corrected chi connectivity index (χ0v) is 14.5. The van der Waals surface area contributed by atoms with Crippen molar-refractivity contribution in [2.45, 2.75) is 18.8 Å². The molecule has 0 fully saturated rings. The molecule has 3 aromatic carbocycles. The Morgan fingerprint density at radius 3 is 2.04 bits per heavy atom. The van der Waals surface area contributed by atoms with Crippen LogP contribution in [0.25, 0.3) is 11.1 Å². The first-order chi connectivity index (χ1) is 12.3. The lowest BCUT2D eigenvalue weighted by Crippen LogP contribution is -2.18. The predicted molar refractivity (Wildman–Crippen MR) is 107 cm³/mol. The number of rotatable bonds is 3. The summed E-state index contributed by atoms with van der Waals surface area (Å²) < 4.78 is 0. The molecular weight excluding hydrogens is 300 g/mol. The van der Waals surface area contributed by atoms with Gasteiger partial charge < -0.3 is 0 Å². The van der Waals surface area contributed by atoms with E-state index in [1.807, 2.05) is 0 Å². The Morgan fingerprint density at radius 2 is 1.36 bits per heavy atom. The van der Waals surface area contributed by atoms with Gasteiger partial charge in [-0.1, -0.05) is 91.0 Å². The van der Waals surface area contributed by atoms with E-state index in [-0.39, 0.29) is 11.8 Å². The first-order valence-corrected chi connectivity index (χ1v) is 8.84. The number of hydrogen-bond donors (Lipinski definition) is 0. The van der Waals surface area contributed by atoms with Gasteiger partial charge in [-0.05, 0) is 40.3 Å². The van der Waals surface area contributed by atoms with E-state index in [1.54, 1.807) is 0 Å². The van der Waals surface area contributed by atoms with Crippen LogP contribution in [0.3, 0.4) is 0 Å². The Labute approximate surface area is 150 Å². The van der Waals surface area contributed by atoms with Crippen molar-refractivity contribution in [2.75, 3.05) is 0 Å². The fourth-order valence-electron chi connectivity index (χ4n) is 4.18. The molecule has 0 saturated heterocycles. The van der Waals surface area contributed by atoms with Gasteiger partial charge in [0.2, 0.25) is 0 Å². The summed E-state index contributed by atoms with van der Waals surface area (Å²) >= 11 is 0. The van der Waals surface area contributed by atoms with E-state index in [9.17, 15) is 0 Å². The molecule has 0 N–H and O–H groups in total. The van der Waals surface area contributed by atoms with Crippen LogP contribution in [0.5, 0.6) is 0 Å². The van der Waals surface area contributed by atoms with Crippen molar-refractivity contribution >= 4 is 11.1 Å². The van der Waals surface area contributed by atoms with Crippen molar-refractivity contribution in [3.63, 3.8) is 0 Å². The molecule has 0 heterocycles. The van der Waals surface area contributed by atoms with Crippen LogP contribution in [0.4, 0.5) is 0 Å². The standard InChI is InChI=1S/C25H22/c1-3-21-23-17-11-10-16-22(23)18(2)24(19-12-6-4-7-13-19)25(21)20-14-8-5-9-15-20/h3-17,21,25H,1H2,2H3/t21-,25+/m1/s1. The summed E-state index contributed by atoms with van der Waals surface area (Å²) in [6.45, 7) is 6.45. The van der Waals surface area contributed by atoms with Crippen LogP contribution >= 0.6 is 0 Å². The lowest BCUT2D eigenvalue weighted by molar-refractivity contribution is 0.743. The van der Waals surface area contributed by atoms with Gasteiger partial charge in [-0.15, -0.1) is 6.58 Å². The van der Waals surface area contributed by atoms with Crippen molar-refractivity contribution < 1.29 is 0 Å². The third kappa shape index (κ3) is 2.64. The second-order valence-corrected chi connectivity index (χ2v) is 6.64. The molecule has 0 nitrogen and oxygen atoms in total. The maximum absolute atomic E-state index is 4.19. The SMILES string of the molecule is C=C[C@@H]1c2ccccc2C(C)=C(c2ccccc2)[C@H]1c1ccccc1. The highest BCUT2D eigenvalue weighted by molar-refractivity contribution is 5.96. The van der Waals surface area contributed by atoms with Gasteiger partial charge in [0.15, 0.2) is 0 Å². The van der Waals surface area contributed by atoms with Crippen molar-refractivity contribution in [3.05, 3.63) is 120 Å². The molecule has 0 aromatic heterocycles. The summed E-state index contributed by atoms with van der Waals surface area (Å²) in [6, 6.07) is 30.4. The van der Waals surface area contributed by atoms with E-state index in [4.69, 9.17) is 0 Å². The Hall–Kier alpha value is -2.86. The molecule has 0 unspecified atom stereocenters. The molecule has 122 valence electrons. The summed E-state index contributed by atoms with van der Waals surface area (Å²) in [4.78, 5) is 0. The lowest BCUT2D eigenvalue weighted by atomic mass is 9.67. The van der Waals surface area contributed by atoms with Crippen molar-refractivity contribution in [2.24, 2.45) is 0 Å². The largest absolute Gasteiger partial charge is 0.102 e. The van der Waals surface area contributed by atoms with Gasteiger partial charge in [-0.2, -0.15) is 0 Å². The maximum atomic E-state index is 4.19. The average molecular weight is 322 g/mol. The highest BCUT2D eigenvalue weighted by atomic mass is 14.4. The normalized spacial score (nSPS) is 19.4. The number of hydrogen-bond acceptors (Lipinski definition) is 0. The number of benzene rings is 3. The maximum Gasteiger partial charge on any atom is 0.0202 e. The fourth-order valence-corrected chi connectivity index (χ4v) is 4.18. The number of allylic oxidation sites excluding steroid dienone is 3. The van der Waals surface area contributed by atoms with Crippen LogP contribution in [-0.2, 0) is 0 Å². The Kier molecular flexibility index (Phi) is 4.11. The molecule has 0 amide bonds. The Bertz CT molecular complexity index is 917. The lowest BCUT2D eigenvalue weighted by Gasteiger charge is -2.36. The molecule has 25 heavy (non-hydrogen) atoms. The second-order valence-electron chi connectivity index (χ2n) is 6.64. The molecule has 0 spiro atoms. The molecule has 0 saturated carbocycles. The van der Waals surface area contributed by atoms with Crippen molar-refractivity contribution in [1.82, 2.24) is 0 Å². The molecule has 2 atom stereocenters. The first kappa shape index (κ1) is 15.7. The third-order valence-electron chi connectivity index (χ3n) is 5.30. The summed E-state index contributed by atoms with van der Waals surface area (Å²) in [5, 5.41) is 0. The molecule has 0 heteroatoms. The molecule has 0 aliphatic heterocycles. The highest BCUT2D eigenvalue weighted by Crippen LogP contribution is 2.51. The minimum absolute atomic E-state index is 0.275. The van der Waals surface area contributed by atoms with E-state index >= 15 is 0 Å². The van der Waals surface area contributed by atoms with Crippen molar-refractivity contribution in [3.8, 4) is 0 Å². The summed E-state index contributed by atoms with van der Waals surface area (Å²) in [5.41, 5.74) is 8.15. The van der Waals surface area contributed by atoms with Gasteiger partial charge in [-0.25, -0.2) is 0 Å². The second kappa shape index (κ2) is 6.57. The van der Waals surface area contributed by atoms with E-state index < -0.39 is 0 Å². The molecule has 3 aromatic rings. The van der Waals surface area contributed by atoms with Gasteiger partial charge in [0.05, 0.1) is 0 Å². The molecule has 1 aliphatic carbocycles. The molecule has 1 aliphatic rings. The highest BCUT2D eigenvalue weighted by Gasteiger charge is 2.33. The zero-order valence-electron chi connectivity index (χ0n) is 14.5. The van der Waals surface area contributed by atoms with Gasteiger partial charge in [-0.3, -0.25) is 0 Å². The average Bonchev–Trinajstić information content (AvgIpc) is 2.69. The van der Waals surface area contributed by atoms with Crippen LogP contribution in [0.2, 0.25) is 0 Å². The zero-order chi connectivity index (χ0) is 17.2. The van der Waals surface area contributed by atoms with E-state index in [2.05, 4.69) is 105 Å². The predicted octanol–water partition coefficient (Wildman–Crippen LogP) is 6.68. The molecule has 0 bridgehead atoms. The van der Waals surface area contributed by atoms with Crippen LogP contribution in [0.1, 0.15) is 41.0 Å². The Morgan fingerprint density at radius 1 is 0.760 bits per heavy atom. The minimum atomic E-state index is 0.275. The topological polar surface area (TPSA) is 0 Å². The number of fused-ring (bicyclic) bond motifs is 1. The van der Waals surface area contributed by atoms with Crippen LogP contribution in [0, 0.1) is 0 Å². The van der Waals surface area contributed by atoms with E-state index in [1.165, 1.54) is 33.4 Å². The first-order valence-electron chi connectivity index (χ1n) is 8.84. The van der Waals surface area contributed by atoms with Gasteiger partial charge in [0.1, 0.15) is 0 Å². The van der Waals surface area contributed by atoms with E-state index in [0.29, 0.717) is 0 Å². The van der Waals surface area contributed by atoms with Gasteiger partial charge in [0, 0.05) is 11.8 Å². The van der Waals surface area contributed by atoms with Gasteiger partial charge >= 0.3 is 0 Å². The summed E-state index contributed by atoms with van der Waals surface area (Å²) in [5.74, 6) is 0.563. The smallest absolute Gasteiger partial charge is 0.0202 e.